The lowest BCUT2D eigenvalue weighted by Gasteiger charge is -2.17. The molecule has 0 fully saturated rings. The molecule has 5 heteroatoms. The Balaban J connectivity index is 2.82. The molecule has 0 aliphatic rings. The van der Waals surface area contributed by atoms with Crippen LogP contribution in [0, 0.1) is 0 Å². The normalized spacial score (nSPS) is 12.8. The third kappa shape index (κ3) is 4.19. The molecule has 1 aromatic rings. The van der Waals surface area contributed by atoms with Crippen LogP contribution in [0.1, 0.15) is 38.9 Å². The molecule has 17 heavy (non-hydrogen) atoms. The lowest BCUT2D eigenvalue weighted by atomic mass is 10.2. The smallest absolute Gasteiger partial charge is 0.135 e. The predicted octanol–water partition coefficient (Wildman–Crippen LogP) is 2.02. The van der Waals surface area contributed by atoms with Gasteiger partial charge in [-0.25, -0.2) is 9.97 Å². The van der Waals surface area contributed by atoms with E-state index >= 15 is 0 Å². The van der Waals surface area contributed by atoms with E-state index in [1.54, 1.807) is 13.2 Å². The second-order valence-electron chi connectivity index (χ2n) is 4.40. The third-order valence-corrected chi connectivity index (χ3v) is 2.49. The Bertz CT molecular complexity index is 354. The first-order valence-electron chi connectivity index (χ1n) is 5.96. The molecular weight excluding hydrogens is 216 g/mol. The monoisotopic (exact) mass is 238 g/mol. The minimum Gasteiger partial charge on any atom is -0.384 e. The van der Waals surface area contributed by atoms with Crippen LogP contribution < -0.4 is 11.1 Å². The van der Waals surface area contributed by atoms with E-state index in [0.29, 0.717) is 12.4 Å². The summed E-state index contributed by atoms with van der Waals surface area (Å²) in [6.45, 7) is 6.85. The Kier molecular flexibility index (Phi) is 5.15. The molecule has 0 radical (unpaired) electrons. The van der Waals surface area contributed by atoms with Crippen LogP contribution in [0.5, 0.6) is 0 Å². The molecule has 0 amide bonds. The quantitative estimate of drug-likeness (QED) is 0.793. The lowest BCUT2D eigenvalue weighted by Crippen LogP contribution is -2.25. The first-order chi connectivity index (χ1) is 8.06. The second kappa shape index (κ2) is 6.39. The molecule has 96 valence electrons. The van der Waals surface area contributed by atoms with Crippen molar-refractivity contribution in [1.29, 1.82) is 0 Å². The zero-order valence-electron chi connectivity index (χ0n) is 11.0. The Morgan fingerprint density at radius 1 is 1.41 bits per heavy atom. The van der Waals surface area contributed by atoms with Crippen LogP contribution >= 0.6 is 0 Å². The molecule has 0 saturated heterocycles. The molecular formula is C12H22N4O. The number of nitrogens with zero attached hydrogens (tertiary/aromatic N) is 2. The van der Waals surface area contributed by atoms with Gasteiger partial charge in [-0.2, -0.15) is 0 Å². The summed E-state index contributed by atoms with van der Waals surface area (Å²) in [6.07, 6.45) is 0.967. The van der Waals surface area contributed by atoms with Gasteiger partial charge in [0, 0.05) is 19.1 Å². The van der Waals surface area contributed by atoms with E-state index in [9.17, 15) is 0 Å². The van der Waals surface area contributed by atoms with E-state index in [2.05, 4.69) is 22.2 Å². The molecule has 0 saturated carbocycles. The Labute approximate surface area is 103 Å². The number of methoxy groups -OCH3 is 1. The van der Waals surface area contributed by atoms with Crippen molar-refractivity contribution in [3.63, 3.8) is 0 Å². The summed E-state index contributed by atoms with van der Waals surface area (Å²) in [7, 11) is 1.69. The minimum absolute atomic E-state index is 0.245. The number of hydrogen-bond acceptors (Lipinski definition) is 5. The molecule has 3 N–H and O–H groups in total. The Morgan fingerprint density at radius 3 is 2.65 bits per heavy atom. The molecule has 0 spiro atoms. The van der Waals surface area contributed by atoms with Gasteiger partial charge in [0.05, 0.1) is 12.6 Å². The number of ether oxygens (including phenoxy) is 1. The summed E-state index contributed by atoms with van der Waals surface area (Å²) in [5, 5.41) is 3.31. The van der Waals surface area contributed by atoms with Crippen molar-refractivity contribution in [1.82, 2.24) is 9.97 Å². The van der Waals surface area contributed by atoms with Crippen molar-refractivity contribution in [2.75, 3.05) is 24.8 Å². The number of nitrogens with one attached hydrogen (secondary N) is 1. The first-order valence-corrected chi connectivity index (χ1v) is 5.96. The van der Waals surface area contributed by atoms with Crippen LogP contribution in [0.3, 0.4) is 0 Å². The van der Waals surface area contributed by atoms with Crippen LogP contribution in [0.15, 0.2) is 6.07 Å². The van der Waals surface area contributed by atoms with Gasteiger partial charge in [0.1, 0.15) is 17.5 Å². The highest BCUT2D eigenvalue weighted by Crippen LogP contribution is 2.16. The van der Waals surface area contributed by atoms with Crippen LogP contribution in [0.4, 0.5) is 11.6 Å². The summed E-state index contributed by atoms with van der Waals surface area (Å²) in [4.78, 5) is 8.65. The van der Waals surface area contributed by atoms with Crippen LogP contribution in [-0.4, -0.2) is 29.7 Å². The molecule has 0 aliphatic heterocycles. The van der Waals surface area contributed by atoms with E-state index in [0.717, 1.165) is 18.1 Å². The maximum absolute atomic E-state index is 5.77. The maximum atomic E-state index is 5.77. The van der Waals surface area contributed by atoms with E-state index in [1.165, 1.54) is 0 Å². The number of nitrogens with two attached hydrogens (primary N) is 1. The van der Waals surface area contributed by atoms with Gasteiger partial charge in [-0.15, -0.1) is 0 Å². The van der Waals surface area contributed by atoms with Gasteiger partial charge in [0.2, 0.25) is 0 Å². The van der Waals surface area contributed by atoms with E-state index in [1.807, 2.05) is 13.8 Å². The molecule has 1 aromatic heterocycles. The van der Waals surface area contributed by atoms with Gasteiger partial charge in [0.15, 0.2) is 0 Å². The zero-order chi connectivity index (χ0) is 12.8. The van der Waals surface area contributed by atoms with Crippen molar-refractivity contribution in [2.45, 2.75) is 39.2 Å². The van der Waals surface area contributed by atoms with Gasteiger partial charge in [0.25, 0.3) is 0 Å². The van der Waals surface area contributed by atoms with Crippen molar-refractivity contribution in [2.24, 2.45) is 0 Å². The number of hydrogen-bond donors (Lipinski definition) is 2. The van der Waals surface area contributed by atoms with Gasteiger partial charge < -0.3 is 15.8 Å². The third-order valence-electron chi connectivity index (χ3n) is 2.49. The highest BCUT2D eigenvalue weighted by atomic mass is 16.5. The fraction of sp³-hybridized carbons (Fsp3) is 0.667. The number of rotatable bonds is 6. The summed E-state index contributed by atoms with van der Waals surface area (Å²) < 4.78 is 5.14. The average molecular weight is 238 g/mol. The van der Waals surface area contributed by atoms with Crippen molar-refractivity contribution in [3.05, 3.63) is 11.9 Å². The van der Waals surface area contributed by atoms with Gasteiger partial charge in [-0.3, -0.25) is 0 Å². The SMILES string of the molecule is CCC(COC)Nc1cc(N)nc(C(C)C)n1. The molecule has 1 heterocycles. The summed E-state index contributed by atoms with van der Waals surface area (Å²) in [6, 6.07) is 2.00. The Morgan fingerprint density at radius 2 is 2.12 bits per heavy atom. The van der Waals surface area contributed by atoms with Gasteiger partial charge in [-0.05, 0) is 6.42 Å². The first kappa shape index (κ1) is 13.7. The van der Waals surface area contributed by atoms with Gasteiger partial charge in [-0.1, -0.05) is 20.8 Å². The zero-order valence-corrected chi connectivity index (χ0v) is 11.0. The predicted molar refractivity (Wildman–Crippen MR) is 70.1 cm³/mol. The van der Waals surface area contributed by atoms with E-state index < -0.39 is 0 Å². The van der Waals surface area contributed by atoms with Crippen LogP contribution in [-0.2, 0) is 4.74 Å². The van der Waals surface area contributed by atoms with Crippen LogP contribution in [0.25, 0.3) is 0 Å². The van der Waals surface area contributed by atoms with Gasteiger partial charge >= 0.3 is 0 Å². The molecule has 0 aliphatic carbocycles. The van der Waals surface area contributed by atoms with E-state index in [-0.39, 0.29) is 12.0 Å². The molecule has 1 unspecified atom stereocenters. The summed E-state index contributed by atoms with van der Waals surface area (Å²) in [5.41, 5.74) is 5.77. The van der Waals surface area contributed by atoms with E-state index in [4.69, 9.17) is 10.5 Å². The highest BCUT2D eigenvalue weighted by Gasteiger charge is 2.10. The molecule has 1 rings (SSSR count). The van der Waals surface area contributed by atoms with Crippen LogP contribution in [0.2, 0.25) is 0 Å². The molecule has 1 atom stereocenters. The summed E-state index contributed by atoms with van der Waals surface area (Å²) >= 11 is 0. The molecule has 0 aromatic carbocycles. The molecule has 0 bridgehead atoms. The largest absolute Gasteiger partial charge is 0.384 e. The van der Waals surface area contributed by atoms with Crippen molar-refractivity contribution < 1.29 is 4.74 Å². The fourth-order valence-corrected chi connectivity index (χ4v) is 1.49. The highest BCUT2D eigenvalue weighted by molar-refractivity contribution is 5.45. The Hall–Kier alpha value is -1.36. The number of anilines is 2. The second-order valence-corrected chi connectivity index (χ2v) is 4.40. The topological polar surface area (TPSA) is 73.1 Å². The van der Waals surface area contributed by atoms with Crippen molar-refractivity contribution in [3.8, 4) is 0 Å². The maximum Gasteiger partial charge on any atom is 0.135 e. The summed E-state index contributed by atoms with van der Waals surface area (Å²) in [5.74, 6) is 2.30. The average Bonchev–Trinajstić information content (AvgIpc) is 2.27. The fourth-order valence-electron chi connectivity index (χ4n) is 1.49. The number of nitrogen functional groups attached to an aromatic ring is 1. The standard InChI is InChI=1S/C12H22N4O/c1-5-9(7-17-4)14-11-6-10(13)15-12(16-11)8(2)3/h6,8-9H,5,7H2,1-4H3,(H3,13,14,15,16). The molecule has 5 nitrogen and oxygen atoms in total. The lowest BCUT2D eigenvalue weighted by molar-refractivity contribution is 0.184. The van der Waals surface area contributed by atoms with Crippen molar-refractivity contribution >= 4 is 11.6 Å². The minimum atomic E-state index is 0.245. The number of aromatic nitrogens is 2.